The van der Waals surface area contributed by atoms with Crippen molar-refractivity contribution in [3.8, 4) is 0 Å². The molecule has 0 amide bonds. The van der Waals surface area contributed by atoms with E-state index in [1.54, 1.807) is 0 Å². The summed E-state index contributed by atoms with van der Waals surface area (Å²) in [4.78, 5) is 22.9. The van der Waals surface area contributed by atoms with E-state index in [0.717, 1.165) is 24.8 Å². The van der Waals surface area contributed by atoms with Crippen LogP contribution in [-0.2, 0) is 25.7 Å². The molecule has 0 aliphatic heterocycles. The molecular formula is C27H44O5. The van der Waals surface area contributed by atoms with Gasteiger partial charge in [0.15, 0.2) is 0 Å². The highest BCUT2D eigenvalue weighted by Crippen LogP contribution is 2.19. The maximum atomic E-state index is 11.6. The Kier molecular flexibility index (Phi) is 16.4. The Balaban J connectivity index is 2.33. The van der Waals surface area contributed by atoms with Crippen molar-refractivity contribution in [1.82, 2.24) is 0 Å². The molecule has 0 aliphatic carbocycles. The highest BCUT2D eigenvalue weighted by Gasteiger charge is 2.22. The number of hydrogen-bond donors (Lipinski definition) is 1. The number of carboxylic acid groups (broad SMARTS) is 1. The molecule has 32 heavy (non-hydrogen) atoms. The van der Waals surface area contributed by atoms with Crippen molar-refractivity contribution in [2.75, 3.05) is 0 Å². The van der Waals surface area contributed by atoms with E-state index in [9.17, 15) is 14.7 Å². The fraction of sp³-hybridized carbons (Fsp3) is 0.704. The number of unbranched alkanes of at least 4 members (excludes halogenated alkanes) is 10. The molecule has 0 aromatic heterocycles. The SMILES string of the molecule is CCCCCCCCCCCCCC(CC(CC(=O)O)OCc1ccccc1)OC(C)=O. The number of rotatable bonds is 20. The monoisotopic (exact) mass is 448 g/mol. The van der Waals surface area contributed by atoms with E-state index in [1.165, 1.54) is 64.7 Å². The quantitative estimate of drug-likeness (QED) is 0.171. The van der Waals surface area contributed by atoms with Crippen LogP contribution in [0.5, 0.6) is 0 Å². The lowest BCUT2D eigenvalue weighted by Gasteiger charge is -2.23. The molecule has 0 saturated heterocycles. The standard InChI is InChI=1S/C27H44O5/c1-3-4-5-6-7-8-9-10-11-12-16-19-25(32-23(2)28)20-26(21-27(29)30)31-22-24-17-14-13-15-18-24/h13-15,17-18,25-26H,3-12,16,19-22H2,1-2H3,(H,29,30). The lowest BCUT2D eigenvalue weighted by atomic mass is 10.0. The number of carbonyl (C=O) groups is 2. The number of aliphatic carboxylic acids is 1. The van der Waals surface area contributed by atoms with Crippen LogP contribution in [0.25, 0.3) is 0 Å². The Bertz CT molecular complexity index is 601. The van der Waals surface area contributed by atoms with Crippen LogP contribution in [0.3, 0.4) is 0 Å². The predicted molar refractivity (Wildman–Crippen MR) is 129 cm³/mol. The van der Waals surface area contributed by atoms with E-state index in [2.05, 4.69) is 6.92 Å². The van der Waals surface area contributed by atoms with Crippen molar-refractivity contribution in [3.05, 3.63) is 35.9 Å². The number of carboxylic acids is 1. The van der Waals surface area contributed by atoms with Crippen LogP contribution < -0.4 is 0 Å². The van der Waals surface area contributed by atoms with Gasteiger partial charge in [0, 0.05) is 13.3 Å². The lowest BCUT2D eigenvalue weighted by Crippen LogP contribution is -2.27. The molecule has 0 heterocycles. The maximum absolute atomic E-state index is 11.6. The van der Waals surface area contributed by atoms with Crippen LogP contribution in [0.2, 0.25) is 0 Å². The van der Waals surface area contributed by atoms with E-state index >= 15 is 0 Å². The minimum Gasteiger partial charge on any atom is -0.481 e. The number of benzene rings is 1. The fourth-order valence-corrected chi connectivity index (χ4v) is 3.98. The first-order chi connectivity index (χ1) is 15.5. The van der Waals surface area contributed by atoms with Gasteiger partial charge in [0.05, 0.1) is 19.1 Å². The minimum atomic E-state index is -0.903. The number of hydrogen-bond acceptors (Lipinski definition) is 4. The maximum Gasteiger partial charge on any atom is 0.305 e. The Hall–Kier alpha value is -1.88. The van der Waals surface area contributed by atoms with Crippen LogP contribution in [0.1, 0.15) is 109 Å². The van der Waals surface area contributed by atoms with Gasteiger partial charge in [-0.3, -0.25) is 9.59 Å². The second kappa shape index (κ2) is 18.7. The van der Waals surface area contributed by atoms with Crippen molar-refractivity contribution >= 4 is 11.9 Å². The Morgan fingerprint density at radius 2 is 1.41 bits per heavy atom. The summed E-state index contributed by atoms with van der Waals surface area (Å²) in [5.41, 5.74) is 0.997. The van der Waals surface area contributed by atoms with Crippen molar-refractivity contribution in [3.63, 3.8) is 0 Å². The molecule has 0 aliphatic rings. The molecule has 182 valence electrons. The molecule has 1 N–H and O–H groups in total. The van der Waals surface area contributed by atoms with Crippen molar-refractivity contribution in [1.29, 1.82) is 0 Å². The molecule has 0 spiro atoms. The minimum absolute atomic E-state index is 0.0944. The zero-order chi connectivity index (χ0) is 23.4. The Morgan fingerprint density at radius 3 is 1.94 bits per heavy atom. The first-order valence-corrected chi connectivity index (χ1v) is 12.6. The summed E-state index contributed by atoms with van der Waals surface area (Å²) >= 11 is 0. The molecule has 2 atom stereocenters. The van der Waals surface area contributed by atoms with Gasteiger partial charge >= 0.3 is 11.9 Å². The second-order valence-electron chi connectivity index (χ2n) is 8.81. The van der Waals surface area contributed by atoms with Gasteiger partial charge in [-0.2, -0.15) is 0 Å². The number of ether oxygens (including phenoxy) is 2. The largest absolute Gasteiger partial charge is 0.481 e. The summed E-state index contributed by atoms with van der Waals surface area (Å²) in [5, 5.41) is 9.27. The molecule has 1 rings (SSSR count). The van der Waals surface area contributed by atoms with E-state index in [4.69, 9.17) is 9.47 Å². The van der Waals surface area contributed by atoms with E-state index in [0.29, 0.717) is 13.0 Å². The highest BCUT2D eigenvalue weighted by atomic mass is 16.5. The molecular weight excluding hydrogens is 404 g/mol. The average Bonchev–Trinajstić information content (AvgIpc) is 2.75. The van der Waals surface area contributed by atoms with E-state index in [1.807, 2.05) is 30.3 Å². The smallest absolute Gasteiger partial charge is 0.305 e. The van der Waals surface area contributed by atoms with Crippen molar-refractivity contribution in [2.45, 2.75) is 123 Å². The Morgan fingerprint density at radius 1 is 0.844 bits per heavy atom. The van der Waals surface area contributed by atoms with Crippen molar-refractivity contribution < 1.29 is 24.2 Å². The third-order valence-electron chi connectivity index (χ3n) is 5.72. The fourth-order valence-electron chi connectivity index (χ4n) is 3.98. The van der Waals surface area contributed by atoms with Crippen molar-refractivity contribution in [2.24, 2.45) is 0 Å². The summed E-state index contributed by atoms with van der Waals surface area (Å²) in [7, 11) is 0. The topological polar surface area (TPSA) is 72.8 Å². The van der Waals surface area contributed by atoms with Crippen LogP contribution in [0, 0.1) is 0 Å². The van der Waals surface area contributed by atoms with Gasteiger partial charge in [0.2, 0.25) is 0 Å². The van der Waals surface area contributed by atoms with Gasteiger partial charge < -0.3 is 14.6 Å². The first-order valence-electron chi connectivity index (χ1n) is 12.6. The molecule has 1 aromatic carbocycles. The van der Waals surface area contributed by atoms with Gasteiger partial charge in [0.25, 0.3) is 0 Å². The normalized spacial score (nSPS) is 12.9. The molecule has 0 fully saturated rings. The van der Waals surface area contributed by atoms with Crippen LogP contribution in [-0.4, -0.2) is 29.3 Å². The summed E-state index contributed by atoms with van der Waals surface area (Å²) in [6.45, 7) is 4.00. The zero-order valence-corrected chi connectivity index (χ0v) is 20.2. The third kappa shape index (κ3) is 15.9. The molecule has 0 saturated carbocycles. The number of carbonyl (C=O) groups excluding carboxylic acids is 1. The second-order valence-corrected chi connectivity index (χ2v) is 8.81. The van der Waals surface area contributed by atoms with Gasteiger partial charge in [-0.1, -0.05) is 101 Å². The Labute approximate surface area is 194 Å². The predicted octanol–water partition coefficient (Wildman–Crippen LogP) is 7.07. The summed E-state index contributed by atoms with van der Waals surface area (Å²) < 4.78 is 11.4. The van der Waals surface area contributed by atoms with E-state index < -0.39 is 12.1 Å². The lowest BCUT2D eigenvalue weighted by molar-refractivity contribution is -0.149. The van der Waals surface area contributed by atoms with Gasteiger partial charge in [-0.05, 0) is 18.4 Å². The molecule has 5 nitrogen and oxygen atoms in total. The molecule has 2 unspecified atom stereocenters. The van der Waals surface area contributed by atoms with Crippen LogP contribution in [0.4, 0.5) is 0 Å². The average molecular weight is 449 g/mol. The van der Waals surface area contributed by atoms with Crippen LogP contribution >= 0.6 is 0 Å². The molecule has 0 bridgehead atoms. The van der Waals surface area contributed by atoms with Gasteiger partial charge in [0.1, 0.15) is 6.10 Å². The molecule has 1 aromatic rings. The summed E-state index contributed by atoms with van der Waals surface area (Å²) in [5.74, 6) is -1.23. The van der Waals surface area contributed by atoms with E-state index in [-0.39, 0.29) is 18.5 Å². The van der Waals surface area contributed by atoms with Gasteiger partial charge in [-0.15, -0.1) is 0 Å². The number of esters is 1. The third-order valence-corrected chi connectivity index (χ3v) is 5.72. The zero-order valence-electron chi connectivity index (χ0n) is 20.2. The molecule has 0 radical (unpaired) electrons. The highest BCUT2D eigenvalue weighted by molar-refractivity contribution is 5.67. The summed E-state index contributed by atoms with van der Waals surface area (Å²) in [6.07, 6.45) is 14.2. The first kappa shape index (κ1) is 28.2. The molecule has 5 heteroatoms. The summed E-state index contributed by atoms with van der Waals surface area (Å²) in [6, 6.07) is 9.69. The van der Waals surface area contributed by atoms with Gasteiger partial charge in [-0.25, -0.2) is 0 Å². The van der Waals surface area contributed by atoms with Crippen LogP contribution in [0.15, 0.2) is 30.3 Å².